The molecule has 2 fully saturated rings. The first kappa shape index (κ1) is 12.6. The fourth-order valence-corrected chi connectivity index (χ4v) is 2.62. The summed E-state index contributed by atoms with van der Waals surface area (Å²) in [7, 11) is 0. The van der Waals surface area contributed by atoms with E-state index in [1.165, 1.54) is 17.7 Å². The first-order valence-electron chi connectivity index (χ1n) is 6.58. The largest absolute Gasteiger partial charge is 0.305 e. The highest BCUT2D eigenvalue weighted by Crippen LogP contribution is 2.51. The molecule has 1 unspecified atom stereocenters. The number of carbonyl (C=O) groups excluding carboxylic acids is 2. The highest BCUT2D eigenvalue weighted by molar-refractivity contribution is 6.05. The van der Waals surface area contributed by atoms with Crippen molar-refractivity contribution in [3.8, 4) is 0 Å². The molecule has 1 aliphatic heterocycles. The number of likely N-dealkylation sites (tertiary alicyclic amines) is 1. The molecule has 0 aromatic rings. The predicted molar refractivity (Wildman–Crippen MR) is 65.3 cm³/mol. The van der Waals surface area contributed by atoms with Gasteiger partial charge in [0.15, 0.2) is 0 Å². The number of nitrogens with zero attached hydrogens (tertiary/aromatic N) is 1. The van der Waals surface area contributed by atoms with E-state index in [1.54, 1.807) is 0 Å². The molecule has 0 spiro atoms. The molecule has 1 saturated carbocycles. The van der Waals surface area contributed by atoms with E-state index >= 15 is 0 Å². The van der Waals surface area contributed by atoms with Gasteiger partial charge >= 0.3 is 0 Å². The average Bonchev–Trinajstić information content (AvgIpc) is 3.01. The summed E-state index contributed by atoms with van der Waals surface area (Å²) >= 11 is 0. The van der Waals surface area contributed by atoms with Gasteiger partial charge in [0.25, 0.3) is 0 Å². The van der Waals surface area contributed by atoms with Crippen molar-refractivity contribution in [1.29, 1.82) is 0 Å². The molecule has 1 heterocycles. The van der Waals surface area contributed by atoms with Gasteiger partial charge in [0.2, 0.25) is 11.8 Å². The minimum atomic E-state index is -0.279. The topological polar surface area (TPSA) is 49.4 Å². The van der Waals surface area contributed by atoms with Crippen molar-refractivity contribution in [2.75, 3.05) is 13.1 Å². The average molecular weight is 238 g/mol. The summed E-state index contributed by atoms with van der Waals surface area (Å²) in [5, 5.41) is 3.30. The highest BCUT2D eigenvalue weighted by atomic mass is 16.2. The molecule has 17 heavy (non-hydrogen) atoms. The van der Waals surface area contributed by atoms with E-state index in [-0.39, 0.29) is 17.9 Å². The van der Waals surface area contributed by atoms with Crippen molar-refractivity contribution in [3.05, 3.63) is 0 Å². The third-order valence-corrected chi connectivity index (χ3v) is 4.38. The Balaban J connectivity index is 1.89. The summed E-state index contributed by atoms with van der Waals surface area (Å²) in [5.74, 6) is 0.561. The quantitative estimate of drug-likeness (QED) is 0.731. The number of carbonyl (C=O) groups is 2. The van der Waals surface area contributed by atoms with Crippen LogP contribution >= 0.6 is 0 Å². The standard InChI is InChI=1S/C13H22N2O2/c1-4-15-11(16)7-10(12(15)17)14-8-13(5-6-13)9(2)3/h9-10,14H,4-8H2,1-3H3. The third kappa shape index (κ3) is 2.23. The van der Waals surface area contributed by atoms with Crippen molar-refractivity contribution in [1.82, 2.24) is 10.2 Å². The van der Waals surface area contributed by atoms with Gasteiger partial charge in [0.1, 0.15) is 0 Å². The van der Waals surface area contributed by atoms with E-state index in [1.807, 2.05) is 6.92 Å². The van der Waals surface area contributed by atoms with Crippen LogP contribution in [-0.4, -0.2) is 35.8 Å². The number of likely N-dealkylation sites (N-methyl/N-ethyl adjacent to an activating group) is 1. The maximum absolute atomic E-state index is 11.9. The summed E-state index contributed by atoms with van der Waals surface area (Å²) in [6.07, 6.45) is 2.81. The van der Waals surface area contributed by atoms with Crippen LogP contribution in [0.15, 0.2) is 0 Å². The molecule has 2 aliphatic rings. The van der Waals surface area contributed by atoms with Gasteiger partial charge in [-0.2, -0.15) is 0 Å². The van der Waals surface area contributed by atoms with Gasteiger partial charge in [-0.25, -0.2) is 0 Å². The van der Waals surface area contributed by atoms with Gasteiger partial charge in [-0.3, -0.25) is 14.5 Å². The van der Waals surface area contributed by atoms with Gasteiger partial charge in [-0.05, 0) is 31.1 Å². The Labute approximate surface area is 103 Å². The molecular weight excluding hydrogens is 216 g/mol. The van der Waals surface area contributed by atoms with Crippen LogP contribution in [0, 0.1) is 11.3 Å². The molecule has 1 saturated heterocycles. The molecule has 0 bridgehead atoms. The van der Waals surface area contributed by atoms with Crippen LogP contribution in [0.5, 0.6) is 0 Å². The van der Waals surface area contributed by atoms with Crippen LogP contribution < -0.4 is 5.32 Å². The zero-order chi connectivity index (χ0) is 12.6. The number of amides is 2. The van der Waals surface area contributed by atoms with Crippen LogP contribution in [0.4, 0.5) is 0 Å². The molecule has 0 aromatic heterocycles. The van der Waals surface area contributed by atoms with Crippen molar-refractivity contribution < 1.29 is 9.59 Å². The minimum Gasteiger partial charge on any atom is -0.305 e. The zero-order valence-electron chi connectivity index (χ0n) is 11.0. The predicted octanol–water partition coefficient (Wildman–Crippen LogP) is 1.16. The van der Waals surface area contributed by atoms with Gasteiger partial charge in [-0.1, -0.05) is 13.8 Å². The van der Waals surface area contributed by atoms with Crippen LogP contribution in [0.2, 0.25) is 0 Å². The normalized spacial score (nSPS) is 27.1. The Bertz CT molecular complexity index is 334. The number of hydrogen-bond acceptors (Lipinski definition) is 3. The molecule has 1 aliphatic carbocycles. The Morgan fingerprint density at radius 1 is 1.41 bits per heavy atom. The molecule has 4 heteroatoms. The smallest absolute Gasteiger partial charge is 0.246 e. The first-order valence-corrected chi connectivity index (χ1v) is 6.58. The number of imide groups is 1. The Morgan fingerprint density at radius 2 is 2.06 bits per heavy atom. The number of nitrogens with one attached hydrogen (secondary N) is 1. The highest BCUT2D eigenvalue weighted by Gasteiger charge is 2.46. The fourth-order valence-electron chi connectivity index (χ4n) is 2.62. The summed E-state index contributed by atoms with van der Waals surface area (Å²) in [6, 6.07) is -0.279. The van der Waals surface area contributed by atoms with Crippen LogP contribution in [0.25, 0.3) is 0 Å². The monoisotopic (exact) mass is 238 g/mol. The SMILES string of the molecule is CCN1C(=O)CC(NCC2(C(C)C)CC2)C1=O. The molecule has 1 atom stereocenters. The maximum Gasteiger partial charge on any atom is 0.246 e. The zero-order valence-corrected chi connectivity index (χ0v) is 11.0. The molecular formula is C13H22N2O2. The minimum absolute atomic E-state index is 0.0376. The summed E-state index contributed by atoms with van der Waals surface area (Å²) < 4.78 is 0. The van der Waals surface area contributed by atoms with E-state index in [9.17, 15) is 9.59 Å². The van der Waals surface area contributed by atoms with Gasteiger partial charge in [0, 0.05) is 13.1 Å². The Morgan fingerprint density at radius 3 is 2.47 bits per heavy atom. The Kier molecular flexibility index (Phi) is 3.25. The van der Waals surface area contributed by atoms with E-state index in [0.29, 0.717) is 24.3 Å². The van der Waals surface area contributed by atoms with Gasteiger partial charge in [0.05, 0.1) is 12.5 Å². The lowest BCUT2D eigenvalue weighted by molar-refractivity contribution is -0.138. The van der Waals surface area contributed by atoms with Crippen LogP contribution in [0.3, 0.4) is 0 Å². The van der Waals surface area contributed by atoms with Crippen LogP contribution in [0.1, 0.15) is 40.0 Å². The van der Waals surface area contributed by atoms with Gasteiger partial charge < -0.3 is 5.32 Å². The molecule has 0 aromatic carbocycles. The number of hydrogen-bond donors (Lipinski definition) is 1. The summed E-state index contributed by atoms with van der Waals surface area (Å²) in [5.41, 5.74) is 0.378. The maximum atomic E-state index is 11.9. The van der Waals surface area contributed by atoms with Crippen molar-refractivity contribution in [3.63, 3.8) is 0 Å². The second-order valence-electron chi connectivity index (χ2n) is 5.63. The molecule has 2 rings (SSSR count). The second kappa shape index (κ2) is 4.41. The van der Waals surface area contributed by atoms with E-state index in [0.717, 1.165) is 6.54 Å². The molecule has 0 radical (unpaired) electrons. The van der Waals surface area contributed by atoms with Crippen molar-refractivity contribution in [2.45, 2.75) is 46.1 Å². The Hall–Kier alpha value is -0.900. The third-order valence-electron chi connectivity index (χ3n) is 4.38. The lowest BCUT2D eigenvalue weighted by atomic mass is 9.92. The molecule has 96 valence electrons. The first-order chi connectivity index (χ1) is 8.00. The molecule has 1 N–H and O–H groups in total. The van der Waals surface area contributed by atoms with Crippen molar-refractivity contribution >= 4 is 11.8 Å². The second-order valence-corrected chi connectivity index (χ2v) is 5.63. The van der Waals surface area contributed by atoms with E-state index in [2.05, 4.69) is 19.2 Å². The molecule has 4 nitrogen and oxygen atoms in total. The van der Waals surface area contributed by atoms with Gasteiger partial charge in [-0.15, -0.1) is 0 Å². The lowest BCUT2D eigenvalue weighted by Crippen LogP contribution is -2.41. The van der Waals surface area contributed by atoms with Crippen molar-refractivity contribution in [2.24, 2.45) is 11.3 Å². The van der Waals surface area contributed by atoms with E-state index < -0.39 is 0 Å². The fraction of sp³-hybridized carbons (Fsp3) is 0.846. The molecule has 2 amide bonds. The lowest BCUT2D eigenvalue weighted by Gasteiger charge is -2.22. The van der Waals surface area contributed by atoms with E-state index in [4.69, 9.17) is 0 Å². The number of rotatable bonds is 5. The summed E-state index contributed by atoms with van der Waals surface area (Å²) in [6.45, 7) is 7.66. The summed E-state index contributed by atoms with van der Waals surface area (Å²) in [4.78, 5) is 24.8. The van der Waals surface area contributed by atoms with Crippen LogP contribution in [-0.2, 0) is 9.59 Å².